The molecule has 0 saturated carbocycles. The zero-order chi connectivity index (χ0) is 104. The minimum atomic E-state index is -1.47. The summed E-state index contributed by atoms with van der Waals surface area (Å²) in [5, 5.41) is 0. The number of rotatable bonds is 28. The first-order valence-corrected chi connectivity index (χ1v) is 55.2. The summed E-state index contributed by atoms with van der Waals surface area (Å²) in [6.07, 6.45) is 5.92. The number of hydrogen-bond acceptors (Lipinski definition) is 23. The Morgan fingerprint density at radius 2 is 0.455 bits per heavy atom. The normalized spacial score (nSPS) is 11.3. The van der Waals surface area contributed by atoms with Crippen LogP contribution < -0.4 is 121 Å². The van der Waals surface area contributed by atoms with E-state index in [1.807, 2.05) is 218 Å². The minimum Gasteiger partial charge on any atom is -0.458 e. The van der Waals surface area contributed by atoms with Gasteiger partial charge in [0.25, 0.3) is 0 Å². The molecule has 0 atom stereocenters. The first kappa shape index (κ1) is 111. The van der Waals surface area contributed by atoms with Gasteiger partial charge in [-0.3, -0.25) is 0 Å². The Kier molecular flexibility index (Phi) is 43.2. The third-order valence-corrected chi connectivity index (χ3v) is 31.7. The molecule has 0 aromatic heterocycles. The molecule has 0 aliphatic carbocycles. The van der Waals surface area contributed by atoms with Crippen molar-refractivity contribution in [3.63, 3.8) is 0 Å². The van der Waals surface area contributed by atoms with Gasteiger partial charge in [-0.1, -0.05) is 133 Å². The van der Waals surface area contributed by atoms with E-state index < -0.39 is 16.6 Å². The molecule has 145 heavy (non-hydrogen) atoms. The van der Waals surface area contributed by atoms with Gasteiger partial charge in [-0.2, -0.15) is 0 Å². The van der Waals surface area contributed by atoms with Crippen molar-refractivity contribution in [3.05, 3.63) is 432 Å². The first-order chi connectivity index (χ1) is 69.5. The van der Waals surface area contributed by atoms with Gasteiger partial charge in [0.2, 0.25) is 6.79 Å². The number of nitrogen functional groups attached to an aromatic ring is 14. The molecule has 0 bridgehead atoms. The predicted molar refractivity (Wildman–Crippen MR) is 629 cm³/mol. The van der Waals surface area contributed by atoms with Crippen LogP contribution in [0.5, 0.6) is 11.5 Å². The van der Waals surface area contributed by atoms with E-state index in [4.69, 9.17) is 105 Å². The molecule has 1 heterocycles. The fourth-order valence-corrected chi connectivity index (χ4v) is 25.0. The molecule has 16 aromatic carbocycles. The third-order valence-electron chi connectivity index (χ3n) is 24.2. The van der Waals surface area contributed by atoms with E-state index in [-0.39, 0.29) is 6.79 Å². The van der Waals surface area contributed by atoms with Crippen molar-refractivity contribution in [1.29, 1.82) is 0 Å². The number of ether oxygens (including phenoxy) is 2. The lowest BCUT2D eigenvalue weighted by atomic mass is 9.96. The zero-order valence-corrected chi connectivity index (χ0v) is 87.4. The quantitative estimate of drug-likeness (QED) is 0.0123. The van der Waals surface area contributed by atoms with Crippen LogP contribution in [0.2, 0.25) is 38.3 Å². The van der Waals surface area contributed by atoms with Crippen LogP contribution in [0.4, 0.5) is 102 Å². The van der Waals surface area contributed by atoms with Gasteiger partial charge in [0.05, 0.1) is 6.67 Å². The van der Waals surface area contributed by atoms with Crippen LogP contribution in [0.25, 0.3) is 22.3 Å². The molecule has 16 aromatic rings. The summed E-state index contributed by atoms with van der Waals surface area (Å²) in [4.78, 5) is 9.12. The molecular formula is C120H150N20O3Si2. The largest absolute Gasteiger partial charge is 0.458 e. The number of anilines is 18. The topological polar surface area (TPSA) is 457 Å². The SMILES string of the molecule is CN(CN(C)c1ccc(N)cc1)c1ccc(N)cc1.C[Si](C)(CCCN)O[Si](C)(C)CCCN.Cc1cc(N)ccc1-c1ccc(N)cc1C.Nc1ccc(-c2ccc(N)cc2)cc1.Nc1ccc(Cc2ccc(Cc3ccc(Cc4ccc(N)cc4)cc3)cc2)cc1.Nc1ccc(Cc2ccc(N)cc2)cc1.Nc1ccc(N2CCN(c3ccc(N)cc3)CC2)cc1.Nc1ccc(OCOc2ccc(N)cc2)cc1. The second kappa shape index (κ2) is 56.5. The second-order valence-corrected chi connectivity index (χ2v) is 46.4. The summed E-state index contributed by atoms with van der Waals surface area (Å²) in [5.41, 5.74) is 124. The van der Waals surface area contributed by atoms with Crippen molar-refractivity contribution in [2.24, 2.45) is 11.5 Å². The van der Waals surface area contributed by atoms with Crippen LogP contribution in [0, 0.1) is 13.8 Å². The van der Waals surface area contributed by atoms with Crippen LogP contribution in [0.3, 0.4) is 0 Å². The average molecular weight is 1980 g/mol. The number of aryl methyl sites for hydroxylation is 2. The van der Waals surface area contributed by atoms with Crippen molar-refractivity contribution in [2.45, 2.75) is 90.6 Å². The zero-order valence-electron chi connectivity index (χ0n) is 85.4. The number of hydrogen-bond donors (Lipinski definition) is 16. The number of benzene rings is 16. The maximum atomic E-state index is 6.40. The van der Waals surface area contributed by atoms with E-state index in [0.717, 1.165) is 187 Å². The molecular weight excluding hydrogens is 1830 g/mol. The van der Waals surface area contributed by atoms with Crippen molar-refractivity contribution in [2.75, 3.05) is 167 Å². The van der Waals surface area contributed by atoms with Crippen LogP contribution in [0.1, 0.15) is 68.5 Å². The average Bonchev–Trinajstić information content (AvgIpc) is 0.819. The van der Waals surface area contributed by atoms with Crippen LogP contribution in [0.15, 0.2) is 376 Å². The molecule has 0 spiro atoms. The fourth-order valence-electron chi connectivity index (χ4n) is 16.1. The first-order valence-electron chi connectivity index (χ1n) is 48.9. The van der Waals surface area contributed by atoms with Crippen molar-refractivity contribution < 1.29 is 13.6 Å². The molecule has 23 nitrogen and oxygen atoms in total. The molecule has 1 aliphatic heterocycles. The highest BCUT2D eigenvalue weighted by Crippen LogP contribution is 2.32. The maximum Gasteiger partial charge on any atom is 0.230 e. The predicted octanol–water partition coefficient (Wildman–Crippen LogP) is 22.7. The Labute approximate surface area is 861 Å². The van der Waals surface area contributed by atoms with E-state index in [9.17, 15) is 0 Å². The summed E-state index contributed by atoms with van der Waals surface area (Å²) in [5.74, 6) is 1.43. The molecule has 17 rings (SSSR count). The monoisotopic (exact) mass is 1980 g/mol. The number of piperazine rings is 1. The van der Waals surface area contributed by atoms with E-state index in [1.54, 1.807) is 48.5 Å². The second-order valence-electron chi connectivity index (χ2n) is 37.5. The standard InChI is InChI=1S/C27H26N2.C16H20N4.C15H20N4.C14H16N2.C13H14N2O2.C13H14N2.C12H12N2.C10H28N2OSi2/c28-26-13-9-24(10-14-26)18-22-5-1-20(2-6-22)17-21-3-7-23(8-4-21)19-25-11-15-27(29)16-12-25;17-13-1-5-15(6-2-13)19-9-11-20(12-10-19)16-7-3-14(18)4-8-16;1-18(14-7-3-12(16)4-8-14)11-19(2)15-9-5-13(17)6-10-15;1-9-7-11(15)3-5-13(9)14-6-4-12(16)8-10(14)2;14-10-1-5-12(6-2-10)16-9-17-13-7-3-11(15)4-8-13;14-12-5-1-10(2-6-12)9-11-3-7-13(15)8-4-11;13-11-5-1-9(2-6-11)10-3-7-12(14)8-4-10;1-14(2,9-5-7-11)13-15(3,4)10-6-8-12/h1-16H,17-19,28-29H2;1-8H,9-12,17-18H2;3-10H,11,16-17H2,1-2H3;3-8H,15-16H2,1-2H3;1-8H,9,14-15H2;1-8H,9,14-15H2;1-8H,13-14H2;5-12H2,1-4H3. The Bertz CT molecular complexity index is 6060. The molecule has 1 saturated heterocycles. The molecule has 25 heteroatoms. The van der Waals surface area contributed by atoms with Crippen molar-refractivity contribution >= 4 is 119 Å². The summed E-state index contributed by atoms with van der Waals surface area (Å²) >= 11 is 0. The fraction of sp³-hybridized carbons (Fsp3) is 0.200. The molecule has 0 radical (unpaired) electrons. The van der Waals surface area contributed by atoms with Crippen LogP contribution in [-0.4, -0.2) is 83.5 Å². The van der Waals surface area contributed by atoms with Crippen LogP contribution >= 0.6 is 0 Å². The lowest BCUT2D eigenvalue weighted by Gasteiger charge is -2.37. The minimum absolute atomic E-state index is 0.147. The maximum absolute atomic E-state index is 6.40. The van der Waals surface area contributed by atoms with Gasteiger partial charge in [0.1, 0.15) is 11.5 Å². The molecule has 1 aliphatic rings. The van der Waals surface area contributed by atoms with E-state index in [2.05, 4.69) is 183 Å². The van der Waals surface area contributed by atoms with Gasteiger partial charge < -0.3 is 125 Å². The van der Waals surface area contributed by atoms with Crippen LogP contribution in [-0.2, 0) is 29.8 Å². The summed E-state index contributed by atoms with van der Waals surface area (Å²) < 4.78 is 17.2. The van der Waals surface area contributed by atoms with Gasteiger partial charge in [-0.15, -0.1) is 0 Å². The number of nitrogens with two attached hydrogens (primary N) is 16. The molecule has 1 fully saturated rings. The van der Waals surface area contributed by atoms with E-state index in [0.29, 0.717) is 11.4 Å². The lowest BCUT2D eigenvalue weighted by Crippen LogP contribution is -2.46. The smallest absolute Gasteiger partial charge is 0.230 e. The van der Waals surface area contributed by atoms with E-state index in [1.165, 1.54) is 90.2 Å². The highest BCUT2D eigenvalue weighted by Gasteiger charge is 2.32. The van der Waals surface area contributed by atoms with Gasteiger partial charge in [-0.05, 0) is 424 Å². The van der Waals surface area contributed by atoms with Crippen molar-refractivity contribution in [1.82, 2.24) is 0 Å². The molecule has 0 amide bonds. The highest BCUT2D eigenvalue weighted by atomic mass is 28.4. The van der Waals surface area contributed by atoms with Gasteiger partial charge in [-0.25, -0.2) is 0 Å². The van der Waals surface area contributed by atoms with E-state index >= 15 is 0 Å². The van der Waals surface area contributed by atoms with Crippen molar-refractivity contribution in [3.8, 4) is 33.8 Å². The number of nitrogens with zero attached hydrogens (tertiary/aromatic N) is 4. The summed E-state index contributed by atoms with van der Waals surface area (Å²) in [7, 11) is 1.17. The Morgan fingerprint density at radius 3 is 0.683 bits per heavy atom. The summed E-state index contributed by atoms with van der Waals surface area (Å²) in [6.45, 7) is 19.9. The Morgan fingerprint density at radius 1 is 0.255 bits per heavy atom. The summed E-state index contributed by atoms with van der Waals surface area (Å²) in [6, 6.07) is 126. The molecule has 756 valence electrons. The van der Waals surface area contributed by atoms with Gasteiger partial charge in [0.15, 0.2) is 16.6 Å². The molecule has 32 N–H and O–H groups in total. The highest BCUT2D eigenvalue weighted by molar-refractivity contribution is 6.84. The Balaban J connectivity index is 0.000000172. The van der Waals surface area contributed by atoms with Gasteiger partial charge >= 0.3 is 0 Å². The third kappa shape index (κ3) is 39.7. The lowest BCUT2D eigenvalue weighted by molar-refractivity contribution is 0.120. The molecule has 0 unspecified atom stereocenters. The van der Waals surface area contributed by atoms with Gasteiger partial charge in [0, 0.05) is 143 Å². The Hall–Kier alpha value is -16.2.